The first-order chi connectivity index (χ1) is 15.0. The van der Waals surface area contributed by atoms with E-state index in [9.17, 15) is 14.0 Å². The number of alkyl carbamates (subject to hydrolysis) is 1. The van der Waals surface area contributed by atoms with Gasteiger partial charge in [-0.3, -0.25) is 15.0 Å². The van der Waals surface area contributed by atoms with Crippen LogP contribution in [0.2, 0.25) is 0 Å². The van der Waals surface area contributed by atoms with Crippen LogP contribution in [0.15, 0.2) is 21.6 Å². The molecule has 1 atom stereocenters. The normalized spacial score (nSPS) is 25.4. The molecule has 0 bridgehead atoms. The summed E-state index contributed by atoms with van der Waals surface area (Å²) in [6.07, 6.45) is 3.85. The van der Waals surface area contributed by atoms with E-state index in [0.717, 1.165) is 35.7 Å². The highest BCUT2D eigenvalue weighted by Crippen LogP contribution is 2.58. The summed E-state index contributed by atoms with van der Waals surface area (Å²) in [6, 6.07) is 2.70. The van der Waals surface area contributed by atoms with E-state index in [0.29, 0.717) is 18.4 Å². The fraction of sp³-hybridized carbons (Fsp3) is 0.609. The maximum Gasteiger partial charge on any atom is 0.414 e. The third kappa shape index (κ3) is 5.14. The number of benzene rings is 1. The van der Waals surface area contributed by atoms with E-state index < -0.39 is 17.7 Å². The van der Waals surface area contributed by atoms with Crippen LogP contribution >= 0.6 is 15.9 Å². The second-order valence-electron chi connectivity index (χ2n) is 9.59. The number of hydrogen-bond donors (Lipinski definition) is 1. The van der Waals surface area contributed by atoms with Crippen LogP contribution in [0, 0.1) is 11.2 Å². The van der Waals surface area contributed by atoms with Gasteiger partial charge in [0, 0.05) is 24.0 Å². The molecule has 9 heteroatoms. The lowest BCUT2D eigenvalue weighted by Crippen LogP contribution is -2.45. The van der Waals surface area contributed by atoms with Gasteiger partial charge >= 0.3 is 6.09 Å². The highest BCUT2D eigenvalue weighted by Gasteiger charge is 2.50. The summed E-state index contributed by atoms with van der Waals surface area (Å²) < 4.78 is 26.5. The molecule has 1 spiro atoms. The number of halogens is 2. The van der Waals surface area contributed by atoms with Crippen molar-refractivity contribution < 1.29 is 23.5 Å². The summed E-state index contributed by atoms with van der Waals surface area (Å²) in [7, 11) is 3.22. The molecule has 1 fully saturated rings. The summed E-state index contributed by atoms with van der Waals surface area (Å²) in [5, 5.41) is 2.61. The van der Waals surface area contributed by atoms with Gasteiger partial charge in [-0.25, -0.2) is 14.2 Å². The van der Waals surface area contributed by atoms with Crippen LogP contribution in [0.1, 0.15) is 63.6 Å². The van der Waals surface area contributed by atoms with Gasteiger partial charge in [0.1, 0.15) is 11.4 Å². The van der Waals surface area contributed by atoms with Gasteiger partial charge in [0.2, 0.25) is 12.4 Å². The first-order valence-electron chi connectivity index (χ1n) is 10.7. The molecule has 1 aromatic carbocycles. The van der Waals surface area contributed by atoms with Crippen molar-refractivity contribution in [1.29, 1.82) is 0 Å². The summed E-state index contributed by atoms with van der Waals surface area (Å²) >= 11 is 3.58. The van der Waals surface area contributed by atoms with Crippen molar-refractivity contribution in [3.63, 3.8) is 0 Å². The lowest BCUT2D eigenvalue weighted by atomic mass is 9.68. The molecule has 0 aromatic heterocycles. The molecule has 7 nitrogen and oxygen atoms in total. The van der Waals surface area contributed by atoms with Crippen LogP contribution in [0.3, 0.4) is 0 Å². The Morgan fingerprint density at radius 1 is 1.34 bits per heavy atom. The Bertz CT molecular complexity index is 907. The van der Waals surface area contributed by atoms with Crippen molar-refractivity contribution in [2.45, 2.75) is 70.6 Å². The number of nitrogens with zero attached hydrogens (tertiary/aromatic N) is 2. The Hall–Kier alpha value is -2.00. The van der Waals surface area contributed by atoms with Gasteiger partial charge < -0.3 is 9.47 Å². The molecule has 1 saturated carbocycles. The van der Waals surface area contributed by atoms with Gasteiger partial charge in [-0.05, 0) is 76.1 Å². The number of carbonyl (C=O) groups excluding carboxylic acids is 2. The van der Waals surface area contributed by atoms with Gasteiger partial charge in [-0.2, -0.15) is 0 Å². The lowest BCUT2D eigenvalue weighted by molar-refractivity contribution is -0.114. The fourth-order valence-corrected chi connectivity index (χ4v) is 5.26. The molecule has 0 aliphatic heterocycles. The number of ether oxygens (including phenoxy) is 2. The number of nitrogens with one attached hydrogen (secondary N) is 1. The first kappa shape index (κ1) is 24.6. The molecular weight excluding hydrogens is 481 g/mol. The standard InChI is InChI=1S/C23H31BrFN3O4/c1-22(2,3)32-21(30)27-20(28(4)13-29)26-19-18-15(17(25)7-6-16(18)24)12-23(19)10-8-14(31-5)9-11-23/h6-7,13-14,19H,8-12H2,1-5H3,(H,26,27,30)/t14-,19?,23-. The summed E-state index contributed by atoms with van der Waals surface area (Å²) in [5.74, 6) is -0.198. The molecule has 1 N–H and O–H groups in total. The SMILES string of the molecule is CO[C@H]1CC[C@]2(CC1)Cc1c(F)ccc(Br)c1C2/N=C(/NC(=O)OC(C)(C)C)N(C)C=O. The predicted molar refractivity (Wildman–Crippen MR) is 123 cm³/mol. The summed E-state index contributed by atoms with van der Waals surface area (Å²) in [5.41, 5.74) is 0.367. The van der Waals surface area contributed by atoms with Crippen LogP contribution in [0.4, 0.5) is 9.18 Å². The van der Waals surface area contributed by atoms with E-state index >= 15 is 0 Å². The molecule has 0 radical (unpaired) electrons. The van der Waals surface area contributed by atoms with Gasteiger partial charge in [0.05, 0.1) is 12.1 Å². The lowest BCUT2D eigenvalue weighted by Gasteiger charge is -2.40. The molecule has 1 unspecified atom stereocenters. The molecule has 1 aromatic rings. The summed E-state index contributed by atoms with van der Waals surface area (Å²) in [4.78, 5) is 30.1. The van der Waals surface area contributed by atoms with E-state index in [4.69, 9.17) is 14.5 Å². The second kappa shape index (κ2) is 9.47. The van der Waals surface area contributed by atoms with Crippen LogP contribution in [0.5, 0.6) is 0 Å². The molecule has 2 aliphatic rings. The van der Waals surface area contributed by atoms with E-state index in [-0.39, 0.29) is 23.3 Å². The number of fused-ring (bicyclic) bond motifs is 1. The molecule has 0 heterocycles. The molecular formula is C23H31BrFN3O4. The number of amides is 2. The topological polar surface area (TPSA) is 80.2 Å². The van der Waals surface area contributed by atoms with E-state index in [1.165, 1.54) is 18.0 Å². The smallest absolute Gasteiger partial charge is 0.414 e. The maximum absolute atomic E-state index is 14.8. The van der Waals surface area contributed by atoms with Crippen molar-refractivity contribution in [2.75, 3.05) is 14.2 Å². The number of aliphatic imine (C=N–C) groups is 1. The van der Waals surface area contributed by atoms with Crippen LogP contribution < -0.4 is 5.32 Å². The molecule has 2 aliphatic carbocycles. The largest absolute Gasteiger partial charge is 0.444 e. The molecule has 2 amide bonds. The Balaban J connectivity index is 2.04. The third-order valence-corrected chi connectivity index (χ3v) is 6.94. The van der Waals surface area contributed by atoms with E-state index in [2.05, 4.69) is 21.2 Å². The highest BCUT2D eigenvalue weighted by atomic mass is 79.9. The third-order valence-electron chi connectivity index (χ3n) is 6.25. The fourth-order valence-electron chi connectivity index (χ4n) is 4.67. The van der Waals surface area contributed by atoms with Gasteiger partial charge in [-0.1, -0.05) is 15.9 Å². The van der Waals surface area contributed by atoms with Crippen molar-refractivity contribution >= 4 is 34.4 Å². The zero-order valence-electron chi connectivity index (χ0n) is 19.2. The molecule has 0 saturated heterocycles. The van der Waals surface area contributed by atoms with Gasteiger partial charge in [0.25, 0.3) is 0 Å². The van der Waals surface area contributed by atoms with Crippen molar-refractivity contribution in [1.82, 2.24) is 10.2 Å². The minimum Gasteiger partial charge on any atom is -0.444 e. The van der Waals surface area contributed by atoms with Gasteiger partial charge in [0.15, 0.2) is 0 Å². The minimum atomic E-state index is -0.710. The van der Waals surface area contributed by atoms with Crippen molar-refractivity contribution in [3.05, 3.63) is 33.5 Å². The predicted octanol–water partition coefficient (Wildman–Crippen LogP) is 4.73. The number of guanidine groups is 1. The average Bonchev–Trinajstić information content (AvgIpc) is 3.03. The second-order valence-corrected chi connectivity index (χ2v) is 10.4. The van der Waals surface area contributed by atoms with Crippen LogP contribution in [-0.4, -0.2) is 49.2 Å². The summed E-state index contributed by atoms with van der Waals surface area (Å²) in [6.45, 7) is 5.26. The van der Waals surface area contributed by atoms with Crippen molar-refractivity contribution in [2.24, 2.45) is 10.4 Å². The number of rotatable bonds is 3. The monoisotopic (exact) mass is 511 g/mol. The van der Waals surface area contributed by atoms with Crippen molar-refractivity contribution in [3.8, 4) is 0 Å². The Kier molecular flexibility index (Phi) is 7.29. The van der Waals surface area contributed by atoms with E-state index in [1.807, 2.05) is 0 Å². The minimum absolute atomic E-state index is 0.0662. The number of methoxy groups -OCH3 is 1. The van der Waals surface area contributed by atoms with Gasteiger partial charge in [-0.15, -0.1) is 0 Å². The maximum atomic E-state index is 14.8. The highest BCUT2D eigenvalue weighted by molar-refractivity contribution is 9.10. The quantitative estimate of drug-likeness (QED) is 0.361. The Labute approximate surface area is 196 Å². The first-order valence-corrected chi connectivity index (χ1v) is 11.5. The van der Waals surface area contributed by atoms with Crippen LogP contribution in [0.25, 0.3) is 0 Å². The zero-order valence-corrected chi connectivity index (χ0v) is 20.8. The number of carbonyl (C=O) groups is 2. The zero-order chi connectivity index (χ0) is 23.7. The number of hydrogen-bond acceptors (Lipinski definition) is 5. The molecule has 3 rings (SSSR count). The molecule has 176 valence electrons. The average molecular weight is 512 g/mol. The van der Waals surface area contributed by atoms with E-state index in [1.54, 1.807) is 33.9 Å². The Morgan fingerprint density at radius 3 is 2.56 bits per heavy atom. The molecule has 32 heavy (non-hydrogen) atoms. The van der Waals surface area contributed by atoms with Crippen LogP contribution in [-0.2, 0) is 20.7 Å². The Morgan fingerprint density at radius 2 is 2.00 bits per heavy atom.